The van der Waals surface area contributed by atoms with Crippen molar-refractivity contribution in [3.63, 3.8) is 0 Å². The Hall–Kier alpha value is -1.21. The first-order chi connectivity index (χ1) is 13.4. The third-order valence-electron chi connectivity index (χ3n) is 4.83. The molecule has 29 heavy (non-hydrogen) atoms. The number of ether oxygens (including phenoxy) is 1. The number of nitrogens with zero attached hydrogens (tertiary/aromatic N) is 1. The van der Waals surface area contributed by atoms with Crippen LogP contribution in [0, 0.1) is 5.92 Å². The summed E-state index contributed by atoms with van der Waals surface area (Å²) in [6.45, 7) is 5.84. The average Bonchev–Trinajstić information content (AvgIpc) is 3.13. The van der Waals surface area contributed by atoms with Gasteiger partial charge < -0.3 is 9.84 Å². The largest absolute Gasteiger partial charge is 0.490 e. The Labute approximate surface area is 171 Å². The third kappa shape index (κ3) is 7.52. The number of hydrogen-bond acceptors (Lipinski definition) is 6. The van der Waals surface area contributed by atoms with Crippen LogP contribution in [0.25, 0.3) is 0 Å². The summed E-state index contributed by atoms with van der Waals surface area (Å²) in [6.07, 6.45) is -3.01. The van der Waals surface area contributed by atoms with Crippen molar-refractivity contribution in [2.75, 3.05) is 32.0 Å². The topological polar surface area (TPSA) is 95.9 Å². The number of hydrogen-bond donors (Lipinski definition) is 2. The van der Waals surface area contributed by atoms with Crippen molar-refractivity contribution < 1.29 is 36.2 Å². The van der Waals surface area contributed by atoms with Crippen molar-refractivity contribution in [2.24, 2.45) is 5.92 Å². The molecule has 7 nitrogen and oxygen atoms in total. The van der Waals surface area contributed by atoms with E-state index in [9.17, 15) is 21.6 Å². The van der Waals surface area contributed by atoms with Crippen LogP contribution < -0.4 is 4.72 Å². The number of carbonyl (C=O) groups is 1. The van der Waals surface area contributed by atoms with Crippen molar-refractivity contribution in [3.8, 4) is 0 Å². The zero-order chi connectivity index (χ0) is 21.7. The second-order valence-electron chi connectivity index (χ2n) is 7.18. The van der Waals surface area contributed by atoms with Gasteiger partial charge in [0.25, 0.3) is 0 Å². The molecule has 0 aromatic carbocycles. The lowest BCUT2D eigenvalue weighted by molar-refractivity contribution is -0.192. The van der Waals surface area contributed by atoms with Crippen molar-refractivity contribution in [2.45, 2.75) is 38.1 Å². The van der Waals surface area contributed by atoms with E-state index in [-0.39, 0.29) is 11.4 Å². The quantitative estimate of drug-likeness (QED) is 0.679. The number of likely N-dealkylation sites (tertiary alicyclic amines) is 1. The molecule has 3 heterocycles. The van der Waals surface area contributed by atoms with E-state index in [4.69, 9.17) is 14.6 Å². The van der Waals surface area contributed by atoms with Gasteiger partial charge >= 0.3 is 12.1 Å². The van der Waals surface area contributed by atoms with E-state index < -0.39 is 22.2 Å². The second kappa shape index (κ2) is 9.73. The number of sulfonamides is 1. The van der Waals surface area contributed by atoms with E-state index in [1.807, 2.05) is 0 Å². The van der Waals surface area contributed by atoms with Crippen molar-refractivity contribution in [1.82, 2.24) is 9.62 Å². The SMILES string of the molecule is CCS(=O)(=O)NCC1CCC2(CN(Cc3cccs3)C2)OC1.O=C(O)C(F)(F)F. The highest BCUT2D eigenvalue weighted by molar-refractivity contribution is 7.89. The summed E-state index contributed by atoms with van der Waals surface area (Å²) in [5.74, 6) is -2.31. The first-order valence-corrected chi connectivity index (χ1v) is 11.6. The Morgan fingerprint density at radius 3 is 2.55 bits per heavy atom. The molecule has 0 radical (unpaired) electrons. The number of halogens is 3. The van der Waals surface area contributed by atoms with Gasteiger partial charge in [0, 0.05) is 31.1 Å². The summed E-state index contributed by atoms with van der Waals surface area (Å²) in [6, 6.07) is 4.27. The maximum absolute atomic E-state index is 11.5. The molecule has 0 bridgehead atoms. The molecular formula is C17H25F3N2O5S2. The van der Waals surface area contributed by atoms with Gasteiger partial charge in [-0.15, -0.1) is 11.3 Å². The van der Waals surface area contributed by atoms with Gasteiger partial charge in [-0.05, 0) is 37.1 Å². The lowest BCUT2D eigenvalue weighted by Gasteiger charge is -2.52. The average molecular weight is 459 g/mol. The summed E-state index contributed by atoms with van der Waals surface area (Å²) in [4.78, 5) is 12.7. The van der Waals surface area contributed by atoms with Crippen LogP contribution in [-0.2, 0) is 26.1 Å². The Balaban J connectivity index is 0.000000370. The molecule has 1 aromatic rings. The summed E-state index contributed by atoms with van der Waals surface area (Å²) in [5, 5.41) is 9.24. The highest BCUT2D eigenvalue weighted by atomic mass is 32.2. The molecule has 0 saturated carbocycles. The van der Waals surface area contributed by atoms with Crippen LogP contribution in [0.3, 0.4) is 0 Å². The maximum Gasteiger partial charge on any atom is 0.490 e. The summed E-state index contributed by atoms with van der Waals surface area (Å²) < 4.78 is 63.4. The number of carboxylic acid groups (broad SMARTS) is 1. The zero-order valence-electron chi connectivity index (χ0n) is 15.9. The molecule has 2 saturated heterocycles. The fourth-order valence-corrected chi connectivity index (χ4v) is 4.62. The van der Waals surface area contributed by atoms with Crippen LogP contribution in [0.5, 0.6) is 0 Å². The summed E-state index contributed by atoms with van der Waals surface area (Å²) >= 11 is 1.80. The Kier molecular flexibility index (Phi) is 8.08. The number of carboxylic acids is 1. The molecule has 2 aliphatic rings. The lowest BCUT2D eigenvalue weighted by Crippen LogP contribution is -2.64. The van der Waals surface area contributed by atoms with E-state index in [0.29, 0.717) is 19.1 Å². The van der Waals surface area contributed by atoms with Crippen LogP contribution in [0.1, 0.15) is 24.6 Å². The maximum atomic E-state index is 11.5. The van der Waals surface area contributed by atoms with E-state index in [1.54, 1.807) is 18.3 Å². The van der Waals surface area contributed by atoms with Crippen LogP contribution >= 0.6 is 11.3 Å². The lowest BCUT2D eigenvalue weighted by atomic mass is 9.83. The summed E-state index contributed by atoms with van der Waals surface area (Å²) in [7, 11) is -3.09. The molecule has 1 atom stereocenters. The molecule has 2 fully saturated rings. The molecule has 0 aliphatic carbocycles. The number of nitrogens with one attached hydrogen (secondary N) is 1. The third-order valence-corrected chi connectivity index (χ3v) is 7.06. The van der Waals surface area contributed by atoms with E-state index in [1.165, 1.54) is 4.88 Å². The molecule has 1 unspecified atom stereocenters. The minimum absolute atomic E-state index is 0.0252. The Bertz CT molecular complexity index is 753. The Morgan fingerprint density at radius 2 is 2.10 bits per heavy atom. The molecular weight excluding hydrogens is 433 g/mol. The van der Waals surface area contributed by atoms with Gasteiger partial charge in [-0.25, -0.2) is 17.9 Å². The zero-order valence-corrected chi connectivity index (χ0v) is 17.6. The predicted molar refractivity (Wildman–Crippen MR) is 102 cm³/mol. The van der Waals surface area contributed by atoms with E-state index >= 15 is 0 Å². The summed E-state index contributed by atoms with van der Waals surface area (Å²) in [5.41, 5.74) is 0.0252. The number of alkyl halides is 3. The van der Waals surface area contributed by atoms with Crippen molar-refractivity contribution in [3.05, 3.63) is 22.4 Å². The molecule has 2 aliphatic heterocycles. The van der Waals surface area contributed by atoms with Gasteiger partial charge in [0.1, 0.15) is 0 Å². The van der Waals surface area contributed by atoms with Crippen LogP contribution in [0.15, 0.2) is 17.5 Å². The van der Waals surface area contributed by atoms with Gasteiger partial charge in [0.15, 0.2) is 0 Å². The molecule has 1 spiro atoms. The van der Waals surface area contributed by atoms with Gasteiger partial charge in [0.2, 0.25) is 10.0 Å². The predicted octanol–water partition coefficient (Wildman–Crippen LogP) is 2.30. The molecule has 166 valence electrons. The number of rotatable bonds is 6. The number of thiophene rings is 1. The minimum atomic E-state index is -5.08. The first kappa shape index (κ1) is 24.1. The first-order valence-electron chi connectivity index (χ1n) is 9.11. The van der Waals surface area contributed by atoms with Gasteiger partial charge in [-0.1, -0.05) is 6.07 Å². The molecule has 3 rings (SSSR count). The van der Waals surface area contributed by atoms with E-state index in [0.717, 1.165) is 32.5 Å². The number of aliphatic carboxylic acids is 1. The highest BCUT2D eigenvalue weighted by Crippen LogP contribution is 2.36. The molecule has 1 aromatic heterocycles. The highest BCUT2D eigenvalue weighted by Gasteiger charge is 2.46. The molecule has 12 heteroatoms. The van der Waals surface area contributed by atoms with Crippen LogP contribution in [-0.4, -0.2) is 68.2 Å². The van der Waals surface area contributed by atoms with Gasteiger partial charge in [-0.3, -0.25) is 4.90 Å². The van der Waals surface area contributed by atoms with Crippen LogP contribution in [0.2, 0.25) is 0 Å². The molecule has 0 amide bonds. The van der Waals surface area contributed by atoms with Gasteiger partial charge in [0.05, 0.1) is 18.0 Å². The van der Waals surface area contributed by atoms with Crippen molar-refractivity contribution in [1.29, 1.82) is 0 Å². The standard InChI is InChI=1S/C15H24N2O3S2.C2HF3O2/c1-2-22(18,19)16-8-13-5-6-15(20-10-13)11-17(12-15)9-14-4-3-7-21-14;3-2(4,5)1(6)7/h3-4,7,13,16H,2,5-6,8-12H2,1H3;(H,6,7). The van der Waals surface area contributed by atoms with Gasteiger partial charge in [-0.2, -0.15) is 13.2 Å². The fourth-order valence-electron chi connectivity index (χ4n) is 3.18. The minimum Gasteiger partial charge on any atom is -0.475 e. The molecule has 2 N–H and O–H groups in total. The smallest absolute Gasteiger partial charge is 0.475 e. The van der Waals surface area contributed by atoms with E-state index in [2.05, 4.69) is 27.1 Å². The second-order valence-corrected chi connectivity index (χ2v) is 10.3. The monoisotopic (exact) mass is 458 g/mol. The normalized spacial score (nSPS) is 21.9. The fraction of sp³-hybridized carbons (Fsp3) is 0.706. The Morgan fingerprint density at radius 1 is 1.45 bits per heavy atom. The van der Waals surface area contributed by atoms with Crippen molar-refractivity contribution >= 4 is 27.3 Å². The van der Waals surface area contributed by atoms with Crippen LogP contribution in [0.4, 0.5) is 13.2 Å².